The number of benzene rings is 1. The molecule has 0 unspecified atom stereocenters. The number of halogens is 5. The van der Waals surface area contributed by atoms with Crippen LogP contribution in [0.4, 0.5) is 23.2 Å². The fourth-order valence-electron chi connectivity index (χ4n) is 0.810. The minimum atomic E-state index is -4.83. The van der Waals surface area contributed by atoms with Crippen molar-refractivity contribution < 1.29 is 22.3 Å². The second-order valence-electron chi connectivity index (χ2n) is 2.33. The third-order valence-electron chi connectivity index (χ3n) is 1.33. The van der Waals surface area contributed by atoms with Crippen LogP contribution in [0.3, 0.4) is 0 Å². The molecule has 1 aromatic carbocycles. The van der Waals surface area contributed by atoms with Crippen LogP contribution in [0.15, 0.2) is 18.2 Å². The van der Waals surface area contributed by atoms with Gasteiger partial charge < -0.3 is 10.2 Å². The number of rotatable bonds is 2. The van der Waals surface area contributed by atoms with Gasteiger partial charge in [0.2, 0.25) is 0 Å². The molecule has 0 aliphatic heterocycles. The van der Waals surface area contributed by atoms with Gasteiger partial charge in [0.05, 0.1) is 5.69 Å². The van der Waals surface area contributed by atoms with E-state index in [2.05, 4.69) is 4.74 Å². The van der Waals surface area contributed by atoms with Gasteiger partial charge in [-0.05, 0) is 12.1 Å². The summed E-state index contributed by atoms with van der Waals surface area (Å²) < 4.78 is 51.3. The van der Waals surface area contributed by atoms with Gasteiger partial charge in [0.15, 0.2) is 5.82 Å². The van der Waals surface area contributed by atoms with Crippen LogP contribution in [-0.4, -0.2) is 6.36 Å². The summed E-state index contributed by atoms with van der Waals surface area (Å²) in [5, 5.41) is 0. The lowest BCUT2D eigenvalue weighted by Crippen LogP contribution is -2.17. The van der Waals surface area contributed by atoms with E-state index in [0.717, 1.165) is 12.1 Å². The summed E-state index contributed by atoms with van der Waals surface area (Å²) in [6.45, 7) is 0. The maximum atomic E-state index is 12.8. The van der Waals surface area contributed by atoms with Gasteiger partial charge in [-0.3, -0.25) is 5.84 Å². The Labute approximate surface area is 88.6 Å². The molecule has 1 aromatic rings. The lowest BCUT2D eigenvalue weighted by molar-refractivity contribution is -0.274. The van der Waals surface area contributed by atoms with Crippen molar-refractivity contribution in [3.8, 4) is 5.75 Å². The zero-order chi connectivity index (χ0) is 10.8. The average molecular weight is 247 g/mol. The van der Waals surface area contributed by atoms with Crippen LogP contribution in [-0.2, 0) is 0 Å². The van der Waals surface area contributed by atoms with Crippen LogP contribution < -0.4 is 16.0 Å². The number of ether oxygens (including phenoxy) is 1. The van der Waals surface area contributed by atoms with Crippen molar-refractivity contribution in [2.24, 2.45) is 5.84 Å². The molecule has 0 bridgehead atoms. The van der Waals surface area contributed by atoms with Gasteiger partial charge >= 0.3 is 6.36 Å². The summed E-state index contributed by atoms with van der Waals surface area (Å²) in [6.07, 6.45) is -4.83. The molecule has 0 aliphatic rings. The highest BCUT2D eigenvalue weighted by atomic mass is 35.5. The summed E-state index contributed by atoms with van der Waals surface area (Å²) in [5.41, 5.74) is 1.86. The molecule has 0 saturated carbocycles. The highest BCUT2D eigenvalue weighted by Gasteiger charge is 2.31. The quantitative estimate of drug-likeness (QED) is 0.479. The first-order valence-corrected chi connectivity index (χ1v) is 3.44. The van der Waals surface area contributed by atoms with Gasteiger partial charge in [0.1, 0.15) is 5.75 Å². The molecule has 0 amide bonds. The largest absolute Gasteiger partial charge is 0.573 e. The normalized spacial score (nSPS) is 10.5. The molecular weight excluding hydrogens is 240 g/mol. The topological polar surface area (TPSA) is 47.3 Å². The van der Waals surface area contributed by atoms with Crippen molar-refractivity contribution in [2.45, 2.75) is 6.36 Å². The van der Waals surface area contributed by atoms with E-state index in [9.17, 15) is 17.6 Å². The van der Waals surface area contributed by atoms with Gasteiger partial charge in [-0.1, -0.05) is 0 Å². The number of hydrazine groups is 1. The summed E-state index contributed by atoms with van der Waals surface area (Å²) >= 11 is 0. The van der Waals surface area contributed by atoms with Gasteiger partial charge in [-0.15, -0.1) is 25.6 Å². The van der Waals surface area contributed by atoms with E-state index in [1.165, 1.54) is 0 Å². The zero-order valence-corrected chi connectivity index (χ0v) is 7.95. The molecule has 3 nitrogen and oxygen atoms in total. The number of alkyl halides is 3. The van der Waals surface area contributed by atoms with Crippen molar-refractivity contribution in [3.05, 3.63) is 24.0 Å². The Hall–Kier alpha value is -1.21. The third kappa shape index (κ3) is 4.22. The van der Waals surface area contributed by atoms with Crippen LogP contribution >= 0.6 is 12.4 Å². The van der Waals surface area contributed by atoms with E-state index in [-0.39, 0.29) is 18.1 Å². The predicted molar refractivity (Wildman–Crippen MR) is 48.1 cm³/mol. The summed E-state index contributed by atoms with van der Waals surface area (Å²) in [6, 6.07) is 2.57. The Morgan fingerprint density at radius 1 is 1.27 bits per heavy atom. The molecule has 0 spiro atoms. The number of hydrogen-bond donors (Lipinski definition) is 2. The van der Waals surface area contributed by atoms with Gasteiger partial charge in [-0.25, -0.2) is 4.39 Å². The fraction of sp³-hybridized carbons (Fsp3) is 0.143. The number of nitrogens with two attached hydrogens (primary N) is 1. The Morgan fingerprint density at radius 3 is 2.27 bits per heavy atom. The SMILES string of the molecule is Cl.NNc1ccc(OC(F)(F)F)cc1F. The van der Waals surface area contributed by atoms with Crippen LogP contribution in [0, 0.1) is 5.82 Å². The molecule has 8 heteroatoms. The maximum Gasteiger partial charge on any atom is 0.573 e. The highest BCUT2D eigenvalue weighted by molar-refractivity contribution is 5.85. The lowest BCUT2D eigenvalue weighted by Gasteiger charge is -2.09. The first-order valence-electron chi connectivity index (χ1n) is 3.44. The standard InChI is InChI=1S/C7H6F4N2O.ClH/c8-5-3-4(14-7(9,10)11)1-2-6(5)13-12;/h1-3,13H,12H2;1H. The number of nitrogens with one attached hydrogen (secondary N) is 1. The van der Waals surface area contributed by atoms with Crippen LogP contribution in [0.25, 0.3) is 0 Å². The fourth-order valence-corrected chi connectivity index (χ4v) is 0.810. The Morgan fingerprint density at radius 2 is 1.87 bits per heavy atom. The second-order valence-corrected chi connectivity index (χ2v) is 2.33. The van der Waals surface area contributed by atoms with Crippen LogP contribution in [0.5, 0.6) is 5.75 Å². The van der Waals surface area contributed by atoms with Crippen molar-refractivity contribution >= 4 is 18.1 Å². The highest BCUT2D eigenvalue weighted by Crippen LogP contribution is 2.25. The minimum absolute atomic E-state index is 0. The molecule has 0 heterocycles. The average Bonchev–Trinajstić information content (AvgIpc) is 2.01. The van der Waals surface area contributed by atoms with E-state index in [0.29, 0.717) is 6.07 Å². The van der Waals surface area contributed by atoms with Gasteiger partial charge in [-0.2, -0.15) is 0 Å². The smallest absolute Gasteiger partial charge is 0.406 e. The first-order chi connectivity index (χ1) is 6.42. The Balaban J connectivity index is 0.00000196. The van der Waals surface area contributed by atoms with Crippen molar-refractivity contribution in [1.29, 1.82) is 0 Å². The lowest BCUT2D eigenvalue weighted by atomic mass is 10.3. The molecule has 0 saturated heterocycles. The Bertz CT molecular complexity index is 331. The summed E-state index contributed by atoms with van der Waals surface area (Å²) in [5.74, 6) is 3.32. The van der Waals surface area contributed by atoms with E-state index in [1.807, 2.05) is 5.43 Å². The van der Waals surface area contributed by atoms with E-state index < -0.39 is 17.9 Å². The molecule has 15 heavy (non-hydrogen) atoms. The molecule has 0 aromatic heterocycles. The van der Waals surface area contributed by atoms with E-state index >= 15 is 0 Å². The van der Waals surface area contributed by atoms with Crippen LogP contribution in [0.1, 0.15) is 0 Å². The molecule has 0 aliphatic carbocycles. The maximum absolute atomic E-state index is 12.8. The molecular formula is C7H7ClF4N2O. The van der Waals surface area contributed by atoms with E-state index in [4.69, 9.17) is 5.84 Å². The second kappa shape index (κ2) is 5.04. The summed E-state index contributed by atoms with van der Waals surface area (Å²) in [7, 11) is 0. The third-order valence-corrected chi connectivity index (χ3v) is 1.33. The number of anilines is 1. The molecule has 3 N–H and O–H groups in total. The minimum Gasteiger partial charge on any atom is -0.406 e. The number of hydrogen-bond acceptors (Lipinski definition) is 3. The molecule has 0 radical (unpaired) electrons. The van der Waals surface area contributed by atoms with Crippen molar-refractivity contribution in [2.75, 3.05) is 5.43 Å². The van der Waals surface area contributed by atoms with Crippen molar-refractivity contribution in [3.63, 3.8) is 0 Å². The first kappa shape index (κ1) is 13.8. The monoisotopic (exact) mass is 246 g/mol. The molecule has 0 atom stereocenters. The summed E-state index contributed by atoms with van der Waals surface area (Å²) in [4.78, 5) is 0. The molecule has 1 rings (SSSR count). The predicted octanol–water partition coefficient (Wildman–Crippen LogP) is 2.43. The molecule has 0 fully saturated rings. The van der Waals surface area contributed by atoms with Crippen LogP contribution in [0.2, 0.25) is 0 Å². The van der Waals surface area contributed by atoms with Gasteiger partial charge in [0, 0.05) is 6.07 Å². The van der Waals surface area contributed by atoms with Gasteiger partial charge in [0.25, 0.3) is 0 Å². The molecule has 86 valence electrons. The zero-order valence-electron chi connectivity index (χ0n) is 7.14. The number of nitrogen functional groups attached to an aromatic ring is 1. The Kier molecular flexibility index (Phi) is 4.63. The van der Waals surface area contributed by atoms with E-state index in [1.54, 1.807) is 0 Å². The van der Waals surface area contributed by atoms with Crippen molar-refractivity contribution in [1.82, 2.24) is 0 Å².